The zero-order valence-electron chi connectivity index (χ0n) is 11.8. The van der Waals surface area contributed by atoms with E-state index in [2.05, 4.69) is 0 Å². The summed E-state index contributed by atoms with van der Waals surface area (Å²) in [6, 6.07) is 0.0742. The van der Waals surface area contributed by atoms with Gasteiger partial charge in [0.2, 0.25) is 0 Å². The Hall–Kier alpha value is -1.30. The summed E-state index contributed by atoms with van der Waals surface area (Å²) in [6.07, 6.45) is 4.33. The number of amides is 2. The smallest absolute Gasteiger partial charge is 0.323 e. The van der Waals surface area contributed by atoms with Gasteiger partial charge in [0.1, 0.15) is 6.54 Å². The van der Waals surface area contributed by atoms with Crippen molar-refractivity contribution in [1.29, 1.82) is 0 Å². The summed E-state index contributed by atoms with van der Waals surface area (Å²) in [4.78, 5) is 26.4. The summed E-state index contributed by atoms with van der Waals surface area (Å²) < 4.78 is 4.94. The fraction of sp³-hybridized carbons (Fsp3) is 0.846. The molecule has 0 aromatic rings. The summed E-state index contributed by atoms with van der Waals surface area (Å²) >= 11 is 0. The Bertz CT molecular complexity index is 303. The second-order valence-corrected chi connectivity index (χ2v) is 4.81. The van der Waals surface area contributed by atoms with Gasteiger partial charge in [-0.2, -0.15) is 0 Å². The predicted octanol–water partition coefficient (Wildman–Crippen LogP) is 1.40. The third-order valence-corrected chi connectivity index (χ3v) is 3.51. The van der Waals surface area contributed by atoms with Crippen molar-refractivity contribution in [1.82, 2.24) is 9.80 Å². The Labute approximate surface area is 114 Å². The zero-order chi connectivity index (χ0) is 14.3. The van der Waals surface area contributed by atoms with Crippen LogP contribution in [0.2, 0.25) is 0 Å². The molecule has 19 heavy (non-hydrogen) atoms. The van der Waals surface area contributed by atoms with E-state index >= 15 is 0 Å². The van der Waals surface area contributed by atoms with E-state index in [1.165, 1.54) is 12.0 Å². The standard InChI is InChI=1S/C13H24N2O4/c1-3-15(11-6-4-5-7-11)13(18)14(8-9-19-2)10-12(16)17/h11H,3-10H2,1-2H3,(H,16,17). The lowest BCUT2D eigenvalue weighted by molar-refractivity contribution is -0.137. The van der Waals surface area contributed by atoms with Gasteiger partial charge in [0, 0.05) is 26.2 Å². The maximum atomic E-state index is 12.4. The molecule has 0 aromatic carbocycles. The molecule has 0 spiro atoms. The average Bonchev–Trinajstić information content (AvgIpc) is 2.88. The van der Waals surface area contributed by atoms with E-state index < -0.39 is 5.97 Å². The number of methoxy groups -OCH3 is 1. The van der Waals surface area contributed by atoms with Crippen molar-refractivity contribution >= 4 is 12.0 Å². The summed E-state index contributed by atoms with van der Waals surface area (Å²) in [5, 5.41) is 8.90. The van der Waals surface area contributed by atoms with Crippen molar-refractivity contribution in [2.24, 2.45) is 0 Å². The molecule has 0 saturated heterocycles. The monoisotopic (exact) mass is 272 g/mol. The van der Waals surface area contributed by atoms with Crippen LogP contribution in [0.4, 0.5) is 4.79 Å². The molecule has 1 N–H and O–H groups in total. The highest BCUT2D eigenvalue weighted by molar-refractivity contribution is 5.80. The molecule has 0 unspecified atom stereocenters. The van der Waals surface area contributed by atoms with E-state index in [1.54, 1.807) is 4.90 Å². The number of urea groups is 1. The number of ether oxygens (including phenoxy) is 1. The molecule has 0 bridgehead atoms. The van der Waals surface area contributed by atoms with Crippen LogP contribution in [-0.2, 0) is 9.53 Å². The van der Waals surface area contributed by atoms with E-state index in [9.17, 15) is 9.59 Å². The molecule has 1 saturated carbocycles. The highest BCUT2D eigenvalue weighted by atomic mass is 16.5. The molecule has 0 aromatic heterocycles. The first-order valence-electron chi connectivity index (χ1n) is 6.86. The number of carbonyl (C=O) groups is 2. The van der Waals surface area contributed by atoms with Crippen LogP contribution in [0.15, 0.2) is 0 Å². The molecule has 1 aliphatic carbocycles. The van der Waals surface area contributed by atoms with Crippen LogP contribution in [-0.4, -0.2) is 66.3 Å². The minimum atomic E-state index is -0.994. The van der Waals surface area contributed by atoms with E-state index in [1.807, 2.05) is 6.92 Å². The number of carboxylic acids is 1. The molecule has 6 nitrogen and oxygen atoms in total. The Kier molecular flexibility index (Phi) is 6.62. The molecule has 0 radical (unpaired) electrons. The Morgan fingerprint density at radius 1 is 1.32 bits per heavy atom. The van der Waals surface area contributed by atoms with Crippen molar-refractivity contribution < 1.29 is 19.4 Å². The number of aliphatic carboxylic acids is 1. The largest absolute Gasteiger partial charge is 0.480 e. The van der Waals surface area contributed by atoms with E-state index in [-0.39, 0.29) is 18.6 Å². The SMILES string of the molecule is CCN(C(=O)N(CCOC)CC(=O)O)C1CCCC1. The van der Waals surface area contributed by atoms with Crippen LogP contribution < -0.4 is 0 Å². The summed E-state index contributed by atoms with van der Waals surface area (Å²) in [7, 11) is 1.54. The van der Waals surface area contributed by atoms with E-state index in [0.29, 0.717) is 19.7 Å². The second-order valence-electron chi connectivity index (χ2n) is 4.81. The third kappa shape index (κ3) is 4.70. The molecule has 0 aliphatic heterocycles. The maximum absolute atomic E-state index is 12.4. The highest BCUT2D eigenvalue weighted by Gasteiger charge is 2.29. The van der Waals surface area contributed by atoms with E-state index in [4.69, 9.17) is 9.84 Å². The molecule has 2 amide bonds. The predicted molar refractivity (Wildman–Crippen MR) is 71.1 cm³/mol. The third-order valence-electron chi connectivity index (χ3n) is 3.51. The minimum Gasteiger partial charge on any atom is -0.480 e. The molecule has 1 fully saturated rings. The first-order chi connectivity index (χ1) is 9.10. The molecular formula is C13H24N2O4. The number of hydrogen-bond donors (Lipinski definition) is 1. The summed E-state index contributed by atoms with van der Waals surface area (Å²) in [5.41, 5.74) is 0. The van der Waals surface area contributed by atoms with Crippen LogP contribution in [0.5, 0.6) is 0 Å². The summed E-state index contributed by atoms with van der Waals surface area (Å²) in [6.45, 7) is 2.94. The van der Waals surface area contributed by atoms with Crippen molar-refractivity contribution in [3.63, 3.8) is 0 Å². The molecule has 110 valence electrons. The van der Waals surface area contributed by atoms with Crippen molar-refractivity contribution in [3.8, 4) is 0 Å². The van der Waals surface area contributed by atoms with Crippen LogP contribution in [0, 0.1) is 0 Å². The lowest BCUT2D eigenvalue weighted by Gasteiger charge is -2.33. The van der Waals surface area contributed by atoms with Gasteiger partial charge in [0.25, 0.3) is 0 Å². The first kappa shape index (κ1) is 15.8. The van der Waals surface area contributed by atoms with Crippen LogP contribution in [0.1, 0.15) is 32.6 Å². The number of rotatable bonds is 7. The van der Waals surface area contributed by atoms with Gasteiger partial charge in [0.15, 0.2) is 0 Å². The number of nitrogens with zero attached hydrogens (tertiary/aromatic N) is 2. The Balaban J connectivity index is 2.67. The Morgan fingerprint density at radius 3 is 2.42 bits per heavy atom. The van der Waals surface area contributed by atoms with Crippen LogP contribution in [0.25, 0.3) is 0 Å². The first-order valence-corrected chi connectivity index (χ1v) is 6.86. The highest BCUT2D eigenvalue weighted by Crippen LogP contribution is 2.24. The molecule has 0 atom stereocenters. The second kappa shape index (κ2) is 7.99. The summed E-state index contributed by atoms with van der Waals surface area (Å²) in [5.74, 6) is -0.994. The fourth-order valence-electron chi connectivity index (χ4n) is 2.55. The fourth-order valence-corrected chi connectivity index (χ4v) is 2.55. The van der Waals surface area contributed by atoms with Gasteiger partial charge >= 0.3 is 12.0 Å². The molecular weight excluding hydrogens is 248 g/mol. The topological polar surface area (TPSA) is 70.1 Å². The van der Waals surface area contributed by atoms with Crippen molar-refractivity contribution in [2.75, 3.05) is 33.4 Å². The van der Waals surface area contributed by atoms with Crippen molar-refractivity contribution in [3.05, 3.63) is 0 Å². The minimum absolute atomic E-state index is 0.186. The van der Waals surface area contributed by atoms with Gasteiger partial charge in [0.05, 0.1) is 6.61 Å². The van der Waals surface area contributed by atoms with Gasteiger partial charge < -0.3 is 19.6 Å². The van der Waals surface area contributed by atoms with Crippen LogP contribution >= 0.6 is 0 Å². The Morgan fingerprint density at radius 2 is 1.95 bits per heavy atom. The van der Waals surface area contributed by atoms with Gasteiger partial charge in [-0.1, -0.05) is 12.8 Å². The number of hydrogen-bond acceptors (Lipinski definition) is 3. The van der Waals surface area contributed by atoms with Gasteiger partial charge in [-0.05, 0) is 19.8 Å². The molecule has 1 rings (SSSR count). The zero-order valence-corrected chi connectivity index (χ0v) is 11.8. The van der Waals surface area contributed by atoms with Gasteiger partial charge in [-0.15, -0.1) is 0 Å². The van der Waals surface area contributed by atoms with E-state index in [0.717, 1.165) is 25.7 Å². The number of carbonyl (C=O) groups excluding carboxylic acids is 1. The average molecular weight is 272 g/mol. The maximum Gasteiger partial charge on any atom is 0.323 e. The molecule has 0 heterocycles. The number of carboxylic acid groups (broad SMARTS) is 1. The lowest BCUT2D eigenvalue weighted by atomic mass is 10.2. The quantitative estimate of drug-likeness (QED) is 0.760. The van der Waals surface area contributed by atoms with Crippen LogP contribution in [0.3, 0.4) is 0 Å². The molecule has 1 aliphatic rings. The molecule has 6 heteroatoms. The van der Waals surface area contributed by atoms with Gasteiger partial charge in [-0.25, -0.2) is 4.79 Å². The van der Waals surface area contributed by atoms with Crippen molar-refractivity contribution in [2.45, 2.75) is 38.6 Å². The van der Waals surface area contributed by atoms with Gasteiger partial charge in [-0.3, -0.25) is 4.79 Å². The normalized spacial score (nSPS) is 15.5. The lowest BCUT2D eigenvalue weighted by Crippen LogP contribution is -2.49.